The van der Waals surface area contributed by atoms with E-state index in [2.05, 4.69) is 6.58 Å². The van der Waals surface area contributed by atoms with Gasteiger partial charge in [-0.15, -0.1) is 0 Å². The molecule has 0 aliphatic heterocycles. The fourth-order valence-electron chi connectivity index (χ4n) is 0.246. The van der Waals surface area contributed by atoms with Crippen molar-refractivity contribution in [1.29, 1.82) is 0 Å². The van der Waals surface area contributed by atoms with Crippen molar-refractivity contribution in [2.75, 3.05) is 0 Å². The average molecular weight is 299 g/mol. The van der Waals surface area contributed by atoms with E-state index in [1.807, 2.05) is 0 Å². The van der Waals surface area contributed by atoms with Crippen LogP contribution in [0.2, 0.25) is 0 Å². The third-order valence-electron chi connectivity index (χ3n) is 0.646. The predicted molar refractivity (Wildman–Crippen MR) is 23.8 cm³/mol. The van der Waals surface area contributed by atoms with Gasteiger partial charge in [0.2, 0.25) is 0 Å². The zero-order valence-electron chi connectivity index (χ0n) is 5.15. The maximum atomic E-state index is 9.73. The number of carboxylic acids is 2. The number of aliphatic carboxylic acids is 2. The van der Waals surface area contributed by atoms with Gasteiger partial charge in [0.1, 0.15) is 0 Å². The molecule has 0 spiro atoms. The molecule has 4 nitrogen and oxygen atoms in total. The van der Waals surface area contributed by atoms with E-state index in [4.69, 9.17) is 0 Å². The molecule has 0 aromatic carbocycles. The van der Waals surface area contributed by atoms with Crippen molar-refractivity contribution in [2.45, 2.75) is 6.42 Å². The van der Waals surface area contributed by atoms with Crippen LogP contribution in [0.15, 0.2) is 12.2 Å². The molecule has 0 unspecified atom stereocenters. The zero-order valence-corrected chi connectivity index (χ0v) is 7.57. The molecule has 69 valence electrons. The number of rotatable bonds is 3. The van der Waals surface area contributed by atoms with Crippen LogP contribution >= 0.6 is 0 Å². The first-order valence-corrected chi connectivity index (χ1v) is 2.13. The Labute approximate surface area is 89.6 Å². The van der Waals surface area contributed by atoms with Gasteiger partial charge in [-0.3, -0.25) is 0 Å². The molecule has 0 saturated carbocycles. The molecular formula is C5H4AgCuO4+. The molecule has 0 N–H and O–H groups in total. The summed E-state index contributed by atoms with van der Waals surface area (Å²) in [5, 5.41) is 19.4. The minimum Gasteiger partial charge on any atom is -0.550 e. The van der Waals surface area contributed by atoms with Crippen LogP contribution in [0.4, 0.5) is 0 Å². The molecule has 0 aromatic rings. The van der Waals surface area contributed by atoms with Crippen LogP contribution in [0.1, 0.15) is 6.42 Å². The third kappa shape index (κ3) is 9.94. The minimum atomic E-state index is -1.56. The van der Waals surface area contributed by atoms with Crippen molar-refractivity contribution >= 4 is 11.9 Å². The average Bonchev–Trinajstić information content (AvgIpc) is 1.63. The Morgan fingerprint density at radius 3 is 1.73 bits per heavy atom. The summed E-state index contributed by atoms with van der Waals surface area (Å²) in [6.45, 7) is 2.91. The van der Waals surface area contributed by atoms with Crippen LogP contribution in [0.3, 0.4) is 0 Å². The van der Waals surface area contributed by atoms with Gasteiger partial charge in [0.15, 0.2) is 0 Å². The molecule has 0 heterocycles. The molecule has 0 aliphatic carbocycles. The summed E-state index contributed by atoms with van der Waals surface area (Å²) in [7, 11) is 0. The van der Waals surface area contributed by atoms with Gasteiger partial charge in [-0.05, 0) is 5.57 Å². The van der Waals surface area contributed by atoms with Crippen LogP contribution < -0.4 is 10.2 Å². The topological polar surface area (TPSA) is 80.3 Å². The molecule has 0 aromatic heterocycles. The second-order valence-corrected chi connectivity index (χ2v) is 1.44. The molecule has 11 heavy (non-hydrogen) atoms. The van der Waals surface area contributed by atoms with Gasteiger partial charge in [-0.25, -0.2) is 0 Å². The van der Waals surface area contributed by atoms with Gasteiger partial charge in [-0.2, -0.15) is 0 Å². The van der Waals surface area contributed by atoms with Gasteiger partial charge in [-0.1, -0.05) is 6.58 Å². The van der Waals surface area contributed by atoms with E-state index in [1.54, 1.807) is 0 Å². The number of carboxylic acid groups (broad SMARTS) is 2. The summed E-state index contributed by atoms with van der Waals surface area (Å²) in [6.07, 6.45) is -0.678. The number of carbonyl (C=O) groups excluding carboxylic acids is 2. The molecule has 0 saturated heterocycles. The van der Waals surface area contributed by atoms with Gasteiger partial charge < -0.3 is 19.8 Å². The molecule has 0 rings (SSSR count). The van der Waals surface area contributed by atoms with E-state index in [-0.39, 0.29) is 39.4 Å². The van der Waals surface area contributed by atoms with E-state index in [9.17, 15) is 19.8 Å². The first-order valence-electron chi connectivity index (χ1n) is 2.13. The second-order valence-electron chi connectivity index (χ2n) is 1.44. The Balaban J connectivity index is -0.000000320. The monoisotopic (exact) mass is 298 g/mol. The summed E-state index contributed by atoms with van der Waals surface area (Å²) in [4.78, 5) is 19.4. The fourth-order valence-corrected chi connectivity index (χ4v) is 0.246. The van der Waals surface area contributed by atoms with Crippen LogP contribution in [0.25, 0.3) is 0 Å². The van der Waals surface area contributed by atoms with Crippen molar-refractivity contribution in [1.82, 2.24) is 0 Å². The van der Waals surface area contributed by atoms with E-state index in [0.717, 1.165) is 0 Å². The fraction of sp³-hybridized carbons (Fsp3) is 0.200. The van der Waals surface area contributed by atoms with Gasteiger partial charge in [0.25, 0.3) is 0 Å². The third-order valence-corrected chi connectivity index (χ3v) is 0.646. The van der Waals surface area contributed by atoms with Crippen LogP contribution in [-0.2, 0) is 49.0 Å². The van der Waals surface area contributed by atoms with Gasteiger partial charge in [0.05, 0.1) is 5.97 Å². The molecule has 0 amide bonds. The van der Waals surface area contributed by atoms with E-state index in [1.165, 1.54) is 0 Å². The quantitative estimate of drug-likeness (QED) is 0.424. The molecule has 0 bridgehead atoms. The van der Waals surface area contributed by atoms with E-state index < -0.39 is 23.9 Å². The van der Waals surface area contributed by atoms with Crippen molar-refractivity contribution in [3.05, 3.63) is 12.2 Å². The molecular weight excluding hydrogens is 295 g/mol. The molecule has 1 radical (unpaired) electrons. The Hall–Kier alpha value is -0.0603. The maximum absolute atomic E-state index is 9.73. The summed E-state index contributed by atoms with van der Waals surface area (Å²) in [5.74, 6) is -3.02. The van der Waals surface area contributed by atoms with Crippen molar-refractivity contribution in [3.8, 4) is 0 Å². The summed E-state index contributed by atoms with van der Waals surface area (Å²) < 4.78 is 0. The summed E-state index contributed by atoms with van der Waals surface area (Å²) in [6, 6.07) is 0. The van der Waals surface area contributed by atoms with Crippen molar-refractivity contribution < 1.29 is 59.3 Å². The zero-order chi connectivity index (χ0) is 7.44. The molecule has 0 atom stereocenters. The Morgan fingerprint density at radius 1 is 1.27 bits per heavy atom. The summed E-state index contributed by atoms with van der Waals surface area (Å²) in [5.41, 5.74) is -0.477. The van der Waals surface area contributed by atoms with Crippen molar-refractivity contribution in [2.24, 2.45) is 0 Å². The number of hydrogen-bond donors (Lipinski definition) is 0. The minimum absolute atomic E-state index is 0. The second kappa shape index (κ2) is 8.04. The summed E-state index contributed by atoms with van der Waals surface area (Å²) >= 11 is 0. The van der Waals surface area contributed by atoms with Crippen LogP contribution in [0, 0.1) is 0 Å². The normalized spacial score (nSPS) is 6.91. The molecule has 0 aliphatic rings. The standard InChI is InChI=1S/C5H6O4.Ag.Cu/c1-3(5(8)9)2-4(6)7;;/h1-2H2,(H,6,7)(H,8,9);;/q;+1;+2/p-2. The number of carbonyl (C=O) groups is 2. The van der Waals surface area contributed by atoms with E-state index >= 15 is 0 Å². The largest absolute Gasteiger partial charge is 2.00 e. The Kier molecular flexibility index (Phi) is 12.5. The van der Waals surface area contributed by atoms with Gasteiger partial charge >= 0.3 is 39.4 Å². The Morgan fingerprint density at radius 2 is 1.64 bits per heavy atom. The smallest absolute Gasteiger partial charge is 0.550 e. The SMILES string of the molecule is C=C(CC(=O)[O-])C(=O)[O-].[Ag+].[Cu+2]. The molecule has 6 heteroatoms. The predicted octanol–water partition coefficient (Wildman–Crippen LogP) is -2.57. The number of hydrogen-bond acceptors (Lipinski definition) is 4. The maximum Gasteiger partial charge on any atom is 2.00 e. The molecule has 0 fully saturated rings. The first-order chi connectivity index (χ1) is 4.04. The van der Waals surface area contributed by atoms with Crippen LogP contribution in [-0.4, -0.2) is 11.9 Å². The van der Waals surface area contributed by atoms with E-state index in [0.29, 0.717) is 0 Å². The van der Waals surface area contributed by atoms with Crippen LogP contribution in [0.5, 0.6) is 0 Å². The Bertz CT molecular complexity index is 168. The van der Waals surface area contributed by atoms with Crippen molar-refractivity contribution in [3.63, 3.8) is 0 Å². The van der Waals surface area contributed by atoms with Gasteiger partial charge in [0, 0.05) is 12.4 Å². The first kappa shape index (κ1) is 17.1.